The molecule has 6 atom stereocenters. The lowest BCUT2D eigenvalue weighted by atomic mass is 9.95. The molecule has 2 saturated heterocycles. The van der Waals surface area contributed by atoms with E-state index in [2.05, 4.69) is 5.32 Å². The highest BCUT2D eigenvalue weighted by Crippen LogP contribution is 2.36. The van der Waals surface area contributed by atoms with Crippen molar-refractivity contribution in [1.82, 2.24) is 5.32 Å². The Hall–Kier alpha value is -2.92. The van der Waals surface area contributed by atoms with Crippen molar-refractivity contribution in [3.8, 4) is 5.75 Å². The number of hydrogen-bond acceptors (Lipinski definition) is 8. The fourth-order valence-corrected chi connectivity index (χ4v) is 3.95. The molecule has 1 aromatic heterocycles. The quantitative estimate of drug-likeness (QED) is 0.637. The minimum absolute atomic E-state index is 0.127. The predicted molar refractivity (Wildman–Crippen MR) is 112 cm³/mol. The molecule has 0 spiro atoms. The molecule has 0 bridgehead atoms. The number of carboxylic acids is 1. The van der Waals surface area contributed by atoms with Crippen molar-refractivity contribution < 1.29 is 42.8 Å². The minimum Gasteiger partial charge on any atom is -0.480 e. The Balaban J connectivity index is 1.64. The maximum Gasteiger partial charge on any atom is 0.329 e. The molecule has 4 rings (SSSR count). The summed E-state index contributed by atoms with van der Waals surface area (Å²) < 4.78 is 35.3. The fraction of sp³-hybridized carbons (Fsp3) is 0.478. The molecule has 2 fully saturated rings. The molecule has 10 heteroatoms. The fourth-order valence-electron chi connectivity index (χ4n) is 3.95. The highest BCUT2D eigenvalue weighted by molar-refractivity contribution is 5.73. The van der Waals surface area contributed by atoms with Crippen LogP contribution in [0.4, 0.5) is 0 Å². The molecule has 178 valence electrons. The molecular formula is C23H27NO9. The number of aliphatic carboxylic acids is 1. The van der Waals surface area contributed by atoms with Crippen molar-refractivity contribution in [3.05, 3.63) is 53.5 Å². The highest BCUT2D eigenvalue weighted by Gasteiger charge is 2.52. The van der Waals surface area contributed by atoms with Crippen molar-refractivity contribution in [2.24, 2.45) is 0 Å². The lowest BCUT2D eigenvalue weighted by Gasteiger charge is -2.48. The lowest BCUT2D eigenvalue weighted by Crippen LogP contribution is -2.68. The second-order valence-corrected chi connectivity index (χ2v) is 8.11. The first-order valence-corrected chi connectivity index (χ1v) is 10.6. The van der Waals surface area contributed by atoms with Crippen LogP contribution in [0.5, 0.6) is 5.75 Å². The van der Waals surface area contributed by atoms with Crippen molar-refractivity contribution in [3.63, 3.8) is 0 Å². The van der Waals surface area contributed by atoms with Gasteiger partial charge in [0, 0.05) is 6.92 Å². The Kier molecular flexibility index (Phi) is 6.99. The molecule has 3 heterocycles. The third-order valence-electron chi connectivity index (χ3n) is 5.47. The molecule has 6 unspecified atom stereocenters. The van der Waals surface area contributed by atoms with E-state index in [0.717, 1.165) is 11.1 Å². The molecular weight excluding hydrogens is 434 g/mol. The summed E-state index contributed by atoms with van der Waals surface area (Å²) in [6.07, 6.45) is -2.56. The van der Waals surface area contributed by atoms with E-state index in [0.29, 0.717) is 11.5 Å². The number of rotatable bonds is 7. The molecule has 2 N–H and O–H groups in total. The van der Waals surface area contributed by atoms with Crippen LogP contribution in [-0.2, 0) is 28.5 Å². The van der Waals surface area contributed by atoms with Crippen LogP contribution in [0.15, 0.2) is 41.0 Å². The van der Waals surface area contributed by atoms with E-state index >= 15 is 0 Å². The SMILES string of the molecule is CC(=O)NC1C(Oc2cc(C)ccc2C)OC2COC(c3ccco3)OC2C1OCC(=O)O. The summed E-state index contributed by atoms with van der Waals surface area (Å²) in [6, 6.07) is 8.31. The van der Waals surface area contributed by atoms with Crippen molar-refractivity contribution in [2.45, 2.75) is 57.7 Å². The van der Waals surface area contributed by atoms with E-state index in [9.17, 15) is 14.7 Å². The predicted octanol–water partition coefficient (Wildman–Crippen LogP) is 2.09. The third kappa shape index (κ3) is 5.36. The topological polar surface area (TPSA) is 126 Å². The third-order valence-corrected chi connectivity index (χ3v) is 5.47. The normalized spacial score (nSPS) is 29.2. The molecule has 2 aromatic rings. The molecule has 2 aliphatic rings. The molecule has 10 nitrogen and oxygen atoms in total. The number of nitrogens with one attached hydrogen (secondary N) is 1. The molecule has 1 amide bonds. The summed E-state index contributed by atoms with van der Waals surface area (Å²) in [5.41, 5.74) is 1.87. The Morgan fingerprint density at radius 2 is 2.03 bits per heavy atom. The van der Waals surface area contributed by atoms with Crippen LogP contribution in [0.3, 0.4) is 0 Å². The van der Waals surface area contributed by atoms with Gasteiger partial charge >= 0.3 is 5.97 Å². The number of amides is 1. The first-order valence-electron chi connectivity index (χ1n) is 10.6. The number of carboxylic acid groups (broad SMARTS) is 1. The Labute approximate surface area is 190 Å². The van der Waals surface area contributed by atoms with Gasteiger partial charge in [-0.3, -0.25) is 4.79 Å². The van der Waals surface area contributed by atoms with Gasteiger partial charge in [-0.15, -0.1) is 0 Å². The number of fused-ring (bicyclic) bond motifs is 1. The van der Waals surface area contributed by atoms with Gasteiger partial charge < -0.3 is 38.5 Å². The van der Waals surface area contributed by atoms with Gasteiger partial charge in [-0.1, -0.05) is 12.1 Å². The Bertz CT molecular complexity index is 976. The summed E-state index contributed by atoms with van der Waals surface area (Å²) in [5.74, 6) is -0.469. The zero-order valence-corrected chi connectivity index (χ0v) is 18.6. The van der Waals surface area contributed by atoms with Crippen molar-refractivity contribution >= 4 is 11.9 Å². The van der Waals surface area contributed by atoms with Gasteiger partial charge in [0.1, 0.15) is 36.7 Å². The van der Waals surface area contributed by atoms with Crippen LogP contribution in [0.25, 0.3) is 0 Å². The van der Waals surface area contributed by atoms with E-state index in [1.54, 1.807) is 12.1 Å². The number of carbonyl (C=O) groups is 2. The van der Waals surface area contributed by atoms with Crippen LogP contribution in [0.1, 0.15) is 30.1 Å². The maximum atomic E-state index is 12.1. The average molecular weight is 461 g/mol. The van der Waals surface area contributed by atoms with E-state index < -0.39 is 49.5 Å². The second kappa shape index (κ2) is 9.92. The van der Waals surface area contributed by atoms with Gasteiger partial charge in [0.25, 0.3) is 0 Å². The van der Waals surface area contributed by atoms with Crippen LogP contribution in [-0.4, -0.2) is 60.8 Å². The van der Waals surface area contributed by atoms with Gasteiger partial charge in [-0.05, 0) is 43.2 Å². The molecule has 1 aromatic carbocycles. The van der Waals surface area contributed by atoms with Crippen LogP contribution in [0, 0.1) is 13.8 Å². The standard InChI is InChI=1S/C23H27NO9/c1-12-6-7-13(2)16(9-12)31-23-19(24-14(3)25)21(29-11-18(26)27)20-17(32-23)10-30-22(33-20)15-5-4-8-28-15/h4-9,17,19-23H,10-11H2,1-3H3,(H,24,25)(H,26,27). The van der Waals surface area contributed by atoms with Crippen LogP contribution >= 0.6 is 0 Å². The van der Waals surface area contributed by atoms with Gasteiger partial charge in [-0.2, -0.15) is 0 Å². The zero-order chi connectivity index (χ0) is 23.5. The summed E-state index contributed by atoms with van der Waals surface area (Å²) in [7, 11) is 0. The second-order valence-electron chi connectivity index (χ2n) is 8.11. The van der Waals surface area contributed by atoms with E-state index in [1.165, 1.54) is 13.2 Å². The van der Waals surface area contributed by atoms with Gasteiger partial charge in [0.05, 0.1) is 12.9 Å². The van der Waals surface area contributed by atoms with Crippen molar-refractivity contribution in [2.75, 3.05) is 13.2 Å². The summed E-state index contributed by atoms with van der Waals surface area (Å²) in [4.78, 5) is 23.3. The van der Waals surface area contributed by atoms with E-state index in [4.69, 9.17) is 28.1 Å². The van der Waals surface area contributed by atoms with Crippen LogP contribution < -0.4 is 10.1 Å². The van der Waals surface area contributed by atoms with Gasteiger partial charge in [0.2, 0.25) is 18.5 Å². The monoisotopic (exact) mass is 461 g/mol. The smallest absolute Gasteiger partial charge is 0.329 e. The lowest BCUT2D eigenvalue weighted by molar-refractivity contribution is -0.340. The van der Waals surface area contributed by atoms with E-state index in [-0.39, 0.29) is 12.5 Å². The number of furan rings is 1. The minimum atomic E-state index is -1.15. The average Bonchev–Trinajstić information content (AvgIpc) is 3.30. The number of benzene rings is 1. The Morgan fingerprint density at radius 1 is 1.21 bits per heavy atom. The number of carbonyl (C=O) groups excluding carboxylic acids is 1. The summed E-state index contributed by atoms with van der Waals surface area (Å²) >= 11 is 0. The largest absolute Gasteiger partial charge is 0.480 e. The summed E-state index contributed by atoms with van der Waals surface area (Å²) in [5, 5.41) is 12.0. The number of aryl methyl sites for hydroxylation is 2. The van der Waals surface area contributed by atoms with Gasteiger partial charge in [-0.25, -0.2) is 4.79 Å². The highest BCUT2D eigenvalue weighted by atomic mass is 16.8. The number of ether oxygens (including phenoxy) is 5. The van der Waals surface area contributed by atoms with Crippen molar-refractivity contribution in [1.29, 1.82) is 0 Å². The van der Waals surface area contributed by atoms with E-state index in [1.807, 2.05) is 32.0 Å². The van der Waals surface area contributed by atoms with Gasteiger partial charge in [0.15, 0.2) is 5.76 Å². The molecule has 33 heavy (non-hydrogen) atoms. The Morgan fingerprint density at radius 3 is 2.73 bits per heavy atom. The molecule has 0 radical (unpaired) electrons. The first kappa shape index (κ1) is 23.2. The van der Waals surface area contributed by atoms with Crippen LogP contribution in [0.2, 0.25) is 0 Å². The summed E-state index contributed by atoms with van der Waals surface area (Å²) in [6.45, 7) is 4.72. The maximum absolute atomic E-state index is 12.1. The zero-order valence-electron chi connectivity index (χ0n) is 18.6. The number of hydrogen-bond donors (Lipinski definition) is 2. The molecule has 0 aliphatic carbocycles. The molecule has 2 aliphatic heterocycles. The molecule has 0 saturated carbocycles. The first-order chi connectivity index (χ1) is 15.8.